The fourth-order valence-corrected chi connectivity index (χ4v) is 4.49. The van der Waals surface area contributed by atoms with Crippen molar-refractivity contribution in [2.24, 2.45) is 0 Å². The third kappa shape index (κ3) is 38.4. The van der Waals surface area contributed by atoms with Crippen molar-refractivity contribution < 1.29 is 71.2 Å². The Morgan fingerprint density at radius 3 is 1.00 bits per heavy atom. The predicted octanol–water partition coefficient (Wildman–Crippen LogP) is 4.32. The molecule has 0 saturated heterocycles. The van der Waals surface area contributed by atoms with Gasteiger partial charge in [0.25, 0.3) is 0 Å². The van der Waals surface area contributed by atoms with E-state index in [4.69, 9.17) is 61.6 Å². The quantitative estimate of drug-likeness (QED) is 0.0681. The Bertz CT molecular complexity index is 940. The van der Waals surface area contributed by atoms with E-state index in [2.05, 4.69) is 6.92 Å². The van der Waals surface area contributed by atoms with Crippen LogP contribution in [0.4, 0.5) is 0 Å². The SMILES string of the molecule is CCCCCCCCC(=O)OCCOCCOCCOCCOCCOCCOCCOCCOCCOCCOCCOCCOC(=O)c1ccccc1. The molecule has 0 aliphatic rings. The lowest BCUT2D eigenvalue weighted by Gasteiger charge is -2.09. The third-order valence-corrected chi connectivity index (χ3v) is 7.42. The number of benzene rings is 1. The summed E-state index contributed by atoms with van der Waals surface area (Å²) in [7, 11) is 0. The lowest BCUT2D eigenvalue weighted by atomic mass is 10.1. The maximum Gasteiger partial charge on any atom is 0.338 e. The van der Waals surface area contributed by atoms with Gasteiger partial charge >= 0.3 is 11.9 Å². The molecule has 0 atom stereocenters. The van der Waals surface area contributed by atoms with Crippen molar-refractivity contribution in [2.45, 2.75) is 51.9 Å². The van der Waals surface area contributed by atoms with Gasteiger partial charge in [0, 0.05) is 6.42 Å². The van der Waals surface area contributed by atoms with Gasteiger partial charge in [-0.3, -0.25) is 4.79 Å². The first kappa shape index (κ1) is 50.7. The van der Waals surface area contributed by atoms with Crippen molar-refractivity contribution in [1.82, 2.24) is 0 Å². The summed E-state index contributed by atoms with van der Waals surface area (Å²) in [5, 5.41) is 0. The zero-order valence-electron chi connectivity index (χ0n) is 33.4. The van der Waals surface area contributed by atoms with Crippen LogP contribution in [0.2, 0.25) is 0 Å². The Morgan fingerprint density at radius 1 is 0.364 bits per heavy atom. The van der Waals surface area contributed by atoms with Crippen LogP contribution in [0, 0.1) is 0 Å². The summed E-state index contributed by atoms with van der Waals surface area (Å²) in [5.41, 5.74) is 0.522. The van der Waals surface area contributed by atoms with Crippen LogP contribution in [0.15, 0.2) is 30.3 Å². The molecule has 0 heterocycles. The van der Waals surface area contributed by atoms with Crippen LogP contribution in [-0.4, -0.2) is 171 Å². The molecule has 0 N–H and O–H groups in total. The Balaban J connectivity index is 1.63. The molecule has 55 heavy (non-hydrogen) atoms. The topological polar surface area (TPSA) is 154 Å². The zero-order valence-corrected chi connectivity index (χ0v) is 33.4. The molecule has 1 aromatic rings. The number of rotatable bonds is 44. The summed E-state index contributed by atoms with van der Waals surface area (Å²) in [6, 6.07) is 8.84. The number of esters is 2. The number of unbranched alkanes of at least 4 members (excludes halogenated alkanes) is 5. The van der Waals surface area contributed by atoms with Gasteiger partial charge in [-0.25, -0.2) is 4.79 Å². The second-order valence-corrected chi connectivity index (χ2v) is 12.0. The molecule has 1 rings (SSSR count). The Hall–Kier alpha value is -2.28. The standard InChI is InChI=1S/C40H70O15/c1-2-3-4-5-6-10-13-39(41)54-36-34-52-32-30-50-28-26-48-24-22-46-20-18-44-16-14-43-15-17-45-19-21-47-23-25-49-27-29-51-31-33-53-35-37-55-40(42)38-11-8-7-9-12-38/h7-9,11-12H,2-6,10,13-37H2,1H3. The number of carbonyl (C=O) groups excluding carboxylic acids is 2. The molecule has 0 aliphatic carbocycles. The molecule has 15 nitrogen and oxygen atoms in total. The lowest BCUT2D eigenvalue weighted by molar-refractivity contribution is -0.145. The highest BCUT2D eigenvalue weighted by Crippen LogP contribution is 2.07. The van der Waals surface area contributed by atoms with Gasteiger partial charge in [0.05, 0.1) is 151 Å². The van der Waals surface area contributed by atoms with Crippen molar-refractivity contribution in [2.75, 3.05) is 159 Å². The van der Waals surface area contributed by atoms with Gasteiger partial charge in [0.15, 0.2) is 0 Å². The van der Waals surface area contributed by atoms with E-state index in [1.54, 1.807) is 24.3 Å². The Labute approximate surface area is 329 Å². The highest BCUT2D eigenvalue weighted by molar-refractivity contribution is 5.89. The summed E-state index contributed by atoms with van der Waals surface area (Å²) >= 11 is 0. The van der Waals surface area contributed by atoms with Crippen LogP contribution < -0.4 is 0 Å². The molecule has 320 valence electrons. The largest absolute Gasteiger partial charge is 0.463 e. The minimum Gasteiger partial charge on any atom is -0.463 e. The van der Waals surface area contributed by atoms with Gasteiger partial charge in [-0.2, -0.15) is 0 Å². The molecule has 0 aliphatic heterocycles. The average Bonchev–Trinajstić information content (AvgIpc) is 3.20. The lowest BCUT2D eigenvalue weighted by Crippen LogP contribution is -2.16. The van der Waals surface area contributed by atoms with Crippen LogP contribution in [0.5, 0.6) is 0 Å². The molecular formula is C40H70O15. The molecule has 0 saturated carbocycles. The van der Waals surface area contributed by atoms with E-state index in [9.17, 15) is 9.59 Å². The van der Waals surface area contributed by atoms with E-state index in [0.717, 1.165) is 12.8 Å². The monoisotopic (exact) mass is 790 g/mol. The minimum absolute atomic E-state index is 0.148. The number of hydrogen-bond donors (Lipinski definition) is 0. The van der Waals surface area contributed by atoms with E-state index < -0.39 is 0 Å². The first-order chi connectivity index (χ1) is 27.2. The van der Waals surface area contributed by atoms with E-state index in [1.807, 2.05) is 6.07 Å². The maximum atomic E-state index is 11.8. The average molecular weight is 791 g/mol. The fourth-order valence-electron chi connectivity index (χ4n) is 4.49. The highest BCUT2D eigenvalue weighted by atomic mass is 16.6. The zero-order chi connectivity index (χ0) is 39.4. The van der Waals surface area contributed by atoms with Crippen molar-refractivity contribution in [3.05, 3.63) is 35.9 Å². The molecule has 1 aromatic carbocycles. The molecular weight excluding hydrogens is 720 g/mol. The van der Waals surface area contributed by atoms with Crippen molar-refractivity contribution in [3.63, 3.8) is 0 Å². The van der Waals surface area contributed by atoms with Crippen LogP contribution in [0.1, 0.15) is 62.2 Å². The smallest absolute Gasteiger partial charge is 0.338 e. The van der Waals surface area contributed by atoms with Gasteiger partial charge in [-0.1, -0.05) is 57.2 Å². The summed E-state index contributed by atoms with van der Waals surface area (Å²) in [5.74, 6) is -0.507. The second-order valence-electron chi connectivity index (χ2n) is 12.0. The number of carbonyl (C=O) groups is 2. The maximum absolute atomic E-state index is 11.8. The van der Waals surface area contributed by atoms with Crippen LogP contribution in [0.25, 0.3) is 0 Å². The molecule has 0 amide bonds. The van der Waals surface area contributed by atoms with E-state index >= 15 is 0 Å². The highest BCUT2D eigenvalue weighted by Gasteiger charge is 2.05. The van der Waals surface area contributed by atoms with Gasteiger partial charge < -0.3 is 61.6 Å². The van der Waals surface area contributed by atoms with E-state index in [1.165, 1.54) is 25.7 Å². The molecule has 15 heteroatoms. The van der Waals surface area contributed by atoms with Gasteiger partial charge in [0.2, 0.25) is 0 Å². The summed E-state index contributed by atoms with van der Waals surface area (Å²) in [4.78, 5) is 23.5. The molecule has 0 fully saturated rings. The molecule has 0 unspecified atom stereocenters. The van der Waals surface area contributed by atoms with Crippen molar-refractivity contribution >= 4 is 11.9 Å². The number of hydrogen-bond acceptors (Lipinski definition) is 15. The molecule has 0 radical (unpaired) electrons. The normalized spacial score (nSPS) is 11.3. The summed E-state index contributed by atoms with van der Waals surface area (Å²) in [6.07, 6.45) is 7.39. The Morgan fingerprint density at radius 2 is 0.655 bits per heavy atom. The van der Waals surface area contributed by atoms with E-state index in [-0.39, 0.29) is 25.2 Å². The second kappa shape index (κ2) is 42.9. The van der Waals surface area contributed by atoms with Crippen molar-refractivity contribution in [3.8, 4) is 0 Å². The third-order valence-electron chi connectivity index (χ3n) is 7.42. The first-order valence-corrected chi connectivity index (χ1v) is 20.0. The summed E-state index contributed by atoms with van der Waals surface area (Å²) in [6.45, 7) is 12.8. The fraction of sp³-hybridized carbons (Fsp3) is 0.800. The molecule has 0 aromatic heterocycles. The molecule has 0 bridgehead atoms. The van der Waals surface area contributed by atoms with Crippen LogP contribution in [0.3, 0.4) is 0 Å². The Kier molecular flexibility index (Phi) is 39.5. The van der Waals surface area contributed by atoms with E-state index in [0.29, 0.717) is 157 Å². The van der Waals surface area contributed by atoms with Gasteiger partial charge in [-0.05, 0) is 18.6 Å². The molecule has 0 spiro atoms. The minimum atomic E-state index is -0.359. The van der Waals surface area contributed by atoms with Crippen LogP contribution >= 0.6 is 0 Å². The first-order valence-electron chi connectivity index (χ1n) is 20.0. The summed E-state index contributed by atoms with van der Waals surface area (Å²) < 4.78 is 70.4. The van der Waals surface area contributed by atoms with Gasteiger partial charge in [0.1, 0.15) is 13.2 Å². The number of ether oxygens (including phenoxy) is 13. The van der Waals surface area contributed by atoms with Crippen molar-refractivity contribution in [1.29, 1.82) is 0 Å². The van der Waals surface area contributed by atoms with Crippen LogP contribution in [-0.2, 0) is 66.4 Å². The van der Waals surface area contributed by atoms with Gasteiger partial charge in [-0.15, -0.1) is 0 Å². The predicted molar refractivity (Wildman–Crippen MR) is 205 cm³/mol.